The van der Waals surface area contributed by atoms with E-state index in [0.717, 1.165) is 0 Å². The molecule has 1 atom stereocenters. The average molecular weight is 280 g/mol. The first-order valence-electron chi connectivity index (χ1n) is 6.45. The van der Waals surface area contributed by atoms with E-state index in [-0.39, 0.29) is 11.8 Å². The van der Waals surface area contributed by atoms with Gasteiger partial charge in [-0.15, -0.1) is 0 Å². The van der Waals surface area contributed by atoms with Gasteiger partial charge >= 0.3 is 12.0 Å². The van der Waals surface area contributed by atoms with Gasteiger partial charge in [0.15, 0.2) is 0 Å². The van der Waals surface area contributed by atoms with Crippen LogP contribution in [0.1, 0.15) is 19.8 Å². The van der Waals surface area contributed by atoms with Gasteiger partial charge < -0.3 is 15.5 Å². The van der Waals surface area contributed by atoms with Crippen molar-refractivity contribution in [2.75, 3.05) is 18.5 Å². The van der Waals surface area contributed by atoms with E-state index >= 15 is 0 Å². The van der Waals surface area contributed by atoms with Gasteiger partial charge in [0.25, 0.3) is 0 Å². The summed E-state index contributed by atoms with van der Waals surface area (Å²) in [5.74, 6) is -1.08. The second-order valence-corrected chi connectivity index (χ2v) is 4.69. The number of amides is 2. The SMILES string of the molecule is CC(CCCNC(=O)N(C)c1ccc(O)cc1)C(=O)O. The third-order valence-corrected chi connectivity index (χ3v) is 3.05. The van der Waals surface area contributed by atoms with Crippen molar-refractivity contribution in [2.24, 2.45) is 5.92 Å². The van der Waals surface area contributed by atoms with Crippen LogP contribution < -0.4 is 10.2 Å². The predicted octanol–water partition coefficient (Wildman–Crippen LogP) is 2.04. The Morgan fingerprint density at radius 1 is 1.30 bits per heavy atom. The maximum atomic E-state index is 11.8. The first-order chi connectivity index (χ1) is 9.41. The molecule has 0 heterocycles. The number of carbonyl (C=O) groups is 2. The second-order valence-electron chi connectivity index (χ2n) is 4.69. The number of phenolic OH excluding ortho intramolecular Hbond substituents is 1. The van der Waals surface area contributed by atoms with Crippen LogP contribution in [0.4, 0.5) is 10.5 Å². The van der Waals surface area contributed by atoms with Crippen molar-refractivity contribution in [3.05, 3.63) is 24.3 Å². The molecular weight excluding hydrogens is 260 g/mol. The van der Waals surface area contributed by atoms with Crippen molar-refractivity contribution in [1.82, 2.24) is 5.32 Å². The van der Waals surface area contributed by atoms with Gasteiger partial charge in [0, 0.05) is 19.3 Å². The van der Waals surface area contributed by atoms with Crippen LogP contribution in [0.25, 0.3) is 0 Å². The molecule has 1 unspecified atom stereocenters. The lowest BCUT2D eigenvalue weighted by molar-refractivity contribution is -0.141. The van der Waals surface area contributed by atoms with Gasteiger partial charge in [0.05, 0.1) is 5.92 Å². The highest BCUT2D eigenvalue weighted by atomic mass is 16.4. The molecule has 0 saturated carbocycles. The number of phenols is 1. The van der Waals surface area contributed by atoms with Crippen LogP contribution in [0.15, 0.2) is 24.3 Å². The molecule has 20 heavy (non-hydrogen) atoms. The van der Waals surface area contributed by atoms with Crippen LogP contribution in [-0.4, -0.2) is 35.8 Å². The molecule has 0 saturated heterocycles. The van der Waals surface area contributed by atoms with Crippen LogP contribution in [0.5, 0.6) is 5.75 Å². The van der Waals surface area contributed by atoms with Gasteiger partial charge in [0.2, 0.25) is 0 Å². The molecule has 2 amide bonds. The van der Waals surface area contributed by atoms with E-state index in [1.807, 2.05) is 0 Å². The third kappa shape index (κ3) is 4.79. The standard InChI is InChI=1S/C14H20N2O4/c1-10(13(18)19)4-3-9-15-14(20)16(2)11-5-7-12(17)8-6-11/h5-8,10,17H,3-4,9H2,1-2H3,(H,15,20)(H,18,19). The van der Waals surface area contributed by atoms with E-state index in [1.165, 1.54) is 17.0 Å². The fraction of sp³-hybridized carbons (Fsp3) is 0.429. The van der Waals surface area contributed by atoms with Crippen molar-refractivity contribution < 1.29 is 19.8 Å². The van der Waals surface area contributed by atoms with Crippen LogP contribution >= 0.6 is 0 Å². The quantitative estimate of drug-likeness (QED) is 0.695. The molecule has 110 valence electrons. The van der Waals surface area contributed by atoms with Gasteiger partial charge in [0.1, 0.15) is 5.75 Å². The zero-order valence-corrected chi connectivity index (χ0v) is 11.7. The summed E-state index contributed by atoms with van der Waals surface area (Å²) in [6, 6.07) is 6.03. The normalized spacial score (nSPS) is 11.7. The molecule has 0 radical (unpaired) electrons. The number of aliphatic carboxylic acids is 1. The number of anilines is 1. The Hall–Kier alpha value is -2.24. The molecule has 6 heteroatoms. The molecule has 1 rings (SSSR count). The molecule has 0 aliphatic carbocycles. The number of urea groups is 1. The number of benzene rings is 1. The molecule has 1 aromatic carbocycles. The van der Waals surface area contributed by atoms with Gasteiger partial charge in [-0.05, 0) is 37.1 Å². The van der Waals surface area contributed by atoms with Crippen molar-refractivity contribution >= 4 is 17.7 Å². The van der Waals surface area contributed by atoms with E-state index < -0.39 is 11.9 Å². The number of hydrogen-bond donors (Lipinski definition) is 3. The Balaban J connectivity index is 2.35. The number of carbonyl (C=O) groups excluding carboxylic acids is 1. The summed E-state index contributed by atoms with van der Waals surface area (Å²) in [6.07, 6.45) is 1.14. The number of carboxylic acids is 1. The minimum Gasteiger partial charge on any atom is -0.508 e. The highest BCUT2D eigenvalue weighted by Crippen LogP contribution is 2.17. The van der Waals surface area contributed by atoms with Crippen molar-refractivity contribution in [1.29, 1.82) is 0 Å². The number of carboxylic acid groups (broad SMARTS) is 1. The summed E-state index contributed by atoms with van der Waals surface area (Å²) >= 11 is 0. The van der Waals surface area contributed by atoms with Gasteiger partial charge in [-0.3, -0.25) is 9.69 Å². The largest absolute Gasteiger partial charge is 0.508 e. The minimum absolute atomic E-state index is 0.144. The van der Waals surface area contributed by atoms with E-state index in [1.54, 1.807) is 26.1 Å². The molecular formula is C14H20N2O4. The van der Waals surface area contributed by atoms with E-state index in [9.17, 15) is 14.7 Å². The lowest BCUT2D eigenvalue weighted by Crippen LogP contribution is -2.37. The zero-order chi connectivity index (χ0) is 15.1. The number of nitrogens with zero attached hydrogens (tertiary/aromatic N) is 1. The molecule has 0 bridgehead atoms. The Morgan fingerprint density at radius 3 is 2.45 bits per heavy atom. The summed E-state index contributed by atoms with van der Waals surface area (Å²) < 4.78 is 0. The number of aromatic hydroxyl groups is 1. The number of hydrogen-bond acceptors (Lipinski definition) is 3. The number of nitrogens with one attached hydrogen (secondary N) is 1. The van der Waals surface area contributed by atoms with Crippen LogP contribution in [0, 0.1) is 5.92 Å². The Kier molecular flexibility index (Phi) is 5.83. The summed E-state index contributed by atoms with van der Waals surface area (Å²) in [4.78, 5) is 23.9. The molecule has 1 aromatic rings. The molecule has 0 aliphatic rings. The smallest absolute Gasteiger partial charge is 0.321 e. The predicted molar refractivity (Wildman–Crippen MR) is 75.9 cm³/mol. The molecule has 0 fully saturated rings. The Labute approximate surface area is 118 Å². The highest BCUT2D eigenvalue weighted by Gasteiger charge is 2.12. The van der Waals surface area contributed by atoms with Crippen LogP contribution in [0.2, 0.25) is 0 Å². The van der Waals surface area contributed by atoms with Crippen LogP contribution in [0.3, 0.4) is 0 Å². The summed E-state index contributed by atoms with van der Waals surface area (Å²) in [7, 11) is 1.63. The van der Waals surface area contributed by atoms with E-state index in [4.69, 9.17) is 5.11 Å². The fourth-order valence-corrected chi connectivity index (χ4v) is 1.64. The molecule has 3 N–H and O–H groups in total. The monoisotopic (exact) mass is 280 g/mol. The van der Waals surface area contributed by atoms with Crippen molar-refractivity contribution in [3.63, 3.8) is 0 Å². The summed E-state index contributed by atoms with van der Waals surface area (Å²) in [6.45, 7) is 2.08. The Morgan fingerprint density at radius 2 is 1.90 bits per heavy atom. The average Bonchev–Trinajstić information content (AvgIpc) is 2.43. The van der Waals surface area contributed by atoms with E-state index in [2.05, 4.69) is 5.32 Å². The summed E-state index contributed by atoms with van der Waals surface area (Å²) in [5.41, 5.74) is 0.666. The van der Waals surface area contributed by atoms with Gasteiger partial charge in [-0.2, -0.15) is 0 Å². The van der Waals surface area contributed by atoms with E-state index in [0.29, 0.717) is 25.1 Å². The molecule has 0 spiro atoms. The van der Waals surface area contributed by atoms with Crippen molar-refractivity contribution in [3.8, 4) is 5.75 Å². The maximum absolute atomic E-state index is 11.8. The Bertz CT molecular complexity index is 459. The second kappa shape index (κ2) is 7.37. The zero-order valence-electron chi connectivity index (χ0n) is 11.7. The van der Waals surface area contributed by atoms with Crippen LogP contribution in [-0.2, 0) is 4.79 Å². The minimum atomic E-state index is -0.822. The topological polar surface area (TPSA) is 89.9 Å². The van der Waals surface area contributed by atoms with Gasteiger partial charge in [-0.1, -0.05) is 6.92 Å². The summed E-state index contributed by atoms with van der Waals surface area (Å²) in [5, 5.41) is 20.6. The lowest BCUT2D eigenvalue weighted by atomic mass is 10.1. The molecule has 0 aromatic heterocycles. The van der Waals surface area contributed by atoms with Gasteiger partial charge in [-0.25, -0.2) is 4.79 Å². The molecule has 0 aliphatic heterocycles. The lowest BCUT2D eigenvalue weighted by Gasteiger charge is -2.18. The highest BCUT2D eigenvalue weighted by molar-refractivity contribution is 5.91. The first-order valence-corrected chi connectivity index (χ1v) is 6.45. The fourth-order valence-electron chi connectivity index (χ4n) is 1.64. The third-order valence-electron chi connectivity index (χ3n) is 3.05. The number of rotatable bonds is 6. The first kappa shape index (κ1) is 15.8. The molecule has 6 nitrogen and oxygen atoms in total. The van der Waals surface area contributed by atoms with Crippen molar-refractivity contribution in [2.45, 2.75) is 19.8 Å². The maximum Gasteiger partial charge on any atom is 0.321 e.